The number of aromatic nitrogens is 2. The van der Waals surface area contributed by atoms with E-state index < -0.39 is 0 Å². The van der Waals surface area contributed by atoms with E-state index in [0.29, 0.717) is 5.95 Å². The molecule has 0 aliphatic carbocycles. The maximum Gasteiger partial charge on any atom is 0.229 e. The van der Waals surface area contributed by atoms with Gasteiger partial charge in [0.2, 0.25) is 11.9 Å². The molecule has 2 N–H and O–H groups in total. The average molecular weight is 259 g/mol. The molecule has 0 radical (unpaired) electrons. The molecular formula is C15H21N3O. The summed E-state index contributed by atoms with van der Waals surface area (Å²) in [5, 5.41) is 2.89. The number of hydrogen-bond donors (Lipinski definition) is 2. The molecule has 4 nitrogen and oxygen atoms in total. The van der Waals surface area contributed by atoms with Crippen molar-refractivity contribution in [1.82, 2.24) is 9.97 Å². The molecule has 0 bridgehead atoms. The fraction of sp³-hybridized carbons (Fsp3) is 0.467. The van der Waals surface area contributed by atoms with Gasteiger partial charge in [-0.05, 0) is 25.0 Å². The van der Waals surface area contributed by atoms with Crippen LogP contribution in [0.1, 0.15) is 39.5 Å². The van der Waals surface area contributed by atoms with Gasteiger partial charge in [0.25, 0.3) is 0 Å². The molecule has 0 unspecified atom stereocenters. The number of nitrogens with one attached hydrogen (secondary N) is 2. The van der Waals surface area contributed by atoms with Gasteiger partial charge >= 0.3 is 0 Å². The maximum absolute atomic E-state index is 12.2. The lowest BCUT2D eigenvalue weighted by molar-refractivity contribution is -0.120. The van der Waals surface area contributed by atoms with E-state index >= 15 is 0 Å². The first-order chi connectivity index (χ1) is 9.24. The third kappa shape index (κ3) is 3.34. The lowest BCUT2D eigenvalue weighted by Crippen LogP contribution is -2.22. The largest absolute Gasteiger partial charge is 0.324 e. The molecule has 19 heavy (non-hydrogen) atoms. The van der Waals surface area contributed by atoms with Gasteiger partial charge in [0, 0.05) is 5.92 Å². The molecule has 4 heteroatoms. The van der Waals surface area contributed by atoms with Crippen LogP contribution in [0, 0.1) is 5.92 Å². The maximum atomic E-state index is 12.2. The number of para-hydroxylation sites is 2. The number of aromatic amines is 1. The van der Waals surface area contributed by atoms with E-state index in [-0.39, 0.29) is 11.8 Å². The summed E-state index contributed by atoms with van der Waals surface area (Å²) < 4.78 is 0. The lowest BCUT2D eigenvalue weighted by Gasteiger charge is -2.12. The van der Waals surface area contributed by atoms with Crippen molar-refractivity contribution in [2.24, 2.45) is 5.92 Å². The monoisotopic (exact) mass is 259 g/mol. The molecule has 0 spiro atoms. The lowest BCUT2D eigenvalue weighted by atomic mass is 9.99. The number of hydrogen-bond acceptors (Lipinski definition) is 2. The van der Waals surface area contributed by atoms with Gasteiger partial charge in [-0.2, -0.15) is 0 Å². The number of benzene rings is 1. The molecule has 0 fully saturated rings. The fourth-order valence-corrected chi connectivity index (χ4v) is 2.20. The third-order valence-corrected chi connectivity index (χ3v) is 3.40. The van der Waals surface area contributed by atoms with Crippen LogP contribution in [-0.4, -0.2) is 15.9 Å². The van der Waals surface area contributed by atoms with E-state index in [2.05, 4.69) is 29.1 Å². The van der Waals surface area contributed by atoms with Gasteiger partial charge in [0.05, 0.1) is 11.0 Å². The van der Waals surface area contributed by atoms with Gasteiger partial charge in [0.1, 0.15) is 0 Å². The summed E-state index contributed by atoms with van der Waals surface area (Å²) in [4.78, 5) is 19.6. The zero-order valence-corrected chi connectivity index (χ0v) is 11.6. The van der Waals surface area contributed by atoms with Crippen molar-refractivity contribution < 1.29 is 4.79 Å². The highest BCUT2D eigenvalue weighted by Gasteiger charge is 2.17. The molecule has 102 valence electrons. The number of carbonyl (C=O) groups is 1. The predicted octanol–water partition coefficient (Wildman–Crippen LogP) is 3.72. The first kappa shape index (κ1) is 13.6. The van der Waals surface area contributed by atoms with Crippen LogP contribution in [0.2, 0.25) is 0 Å². The molecule has 0 aliphatic rings. The van der Waals surface area contributed by atoms with Crippen molar-refractivity contribution in [3.05, 3.63) is 24.3 Å². The quantitative estimate of drug-likeness (QED) is 0.830. The summed E-state index contributed by atoms with van der Waals surface area (Å²) in [6.07, 6.45) is 4.02. The fourth-order valence-electron chi connectivity index (χ4n) is 2.20. The molecule has 2 rings (SSSR count). The Bertz CT molecular complexity index is 514. The van der Waals surface area contributed by atoms with Crippen LogP contribution in [0.3, 0.4) is 0 Å². The smallest absolute Gasteiger partial charge is 0.229 e. The third-order valence-electron chi connectivity index (χ3n) is 3.40. The zero-order chi connectivity index (χ0) is 13.7. The Morgan fingerprint density at radius 1 is 1.37 bits per heavy atom. The molecule has 0 aliphatic heterocycles. The number of imidazole rings is 1. The molecule has 2 aromatic rings. The summed E-state index contributed by atoms with van der Waals surface area (Å²) in [7, 11) is 0. The van der Waals surface area contributed by atoms with Crippen molar-refractivity contribution in [1.29, 1.82) is 0 Å². The highest BCUT2D eigenvalue weighted by Crippen LogP contribution is 2.17. The molecule has 1 amide bonds. The number of rotatable bonds is 6. The standard InChI is InChI=1S/C15H21N3O/c1-3-5-8-11(4-2)14(19)18-15-16-12-9-6-7-10-13(12)17-15/h6-7,9-11H,3-5,8H2,1-2H3,(H2,16,17,18,19)/t11-/m1/s1. The second-order valence-electron chi connectivity index (χ2n) is 4.84. The number of nitrogens with zero attached hydrogens (tertiary/aromatic N) is 1. The van der Waals surface area contributed by atoms with Crippen LogP contribution in [-0.2, 0) is 4.79 Å². The van der Waals surface area contributed by atoms with E-state index in [0.717, 1.165) is 36.7 Å². The summed E-state index contributed by atoms with van der Waals surface area (Å²) in [6.45, 7) is 4.20. The van der Waals surface area contributed by atoms with Crippen LogP contribution in [0.5, 0.6) is 0 Å². The normalized spacial score (nSPS) is 12.5. The van der Waals surface area contributed by atoms with Gasteiger partial charge in [-0.25, -0.2) is 4.98 Å². The first-order valence-electron chi connectivity index (χ1n) is 7.00. The van der Waals surface area contributed by atoms with Crippen LogP contribution in [0.25, 0.3) is 11.0 Å². The van der Waals surface area contributed by atoms with Crippen molar-refractivity contribution in [3.63, 3.8) is 0 Å². The molecule has 1 aromatic heterocycles. The van der Waals surface area contributed by atoms with E-state index in [1.165, 1.54) is 0 Å². The van der Waals surface area contributed by atoms with Gasteiger partial charge in [0.15, 0.2) is 0 Å². The van der Waals surface area contributed by atoms with Crippen molar-refractivity contribution in [3.8, 4) is 0 Å². The SMILES string of the molecule is CCCC[C@@H](CC)C(=O)Nc1nc2ccccc2[nH]1. The Kier molecular flexibility index (Phi) is 4.55. The first-order valence-corrected chi connectivity index (χ1v) is 7.00. The van der Waals surface area contributed by atoms with Gasteiger partial charge in [-0.1, -0.05) is 38.8 Å². The minimum atomic E-state index is 0.0648. The number of unbranched alkanes of at least 4 members (excludes halogenated alkanes) is 1. The Balaban J connectivity index is 2.04. The average Bonchev–Trinajstić information content (AvgIpc) is 2.81. The Labute approximate surface area is 113 Å². The molecule has 1 atom stereocenters. The second kappa shape index (κ2) is 6.36. The Morgan fingerprint density at radius 3 is 2.84 bits per heavy atom. The van der Waals surface area contributed by atoms with Crippen LogP contribution in [0.4, 0.5) is 5.95 Å². The molecule has 0 saturated carbocycles. The van der Waals surface area contributed by atoms with E-state index in [1.807, 2.05) is 24.3 Å². The number of carbonyl (C=O) groups excluding carboxylic acids is 1. The predicted molar refractivity (Wildman–Crippen MR) is 78.0 cm³/mol. The molecular weight excluding hydrogens is 238 g/mol. The Morgan fingerprint density at radius 2 is 2.16 bits per heavy atom. The number of H-pyrrole nitrogens is 1. The number of amides is 1. The molecule has 1 heterocycles. The van der Waals surface area contributed by atoms with Gasteiger partial charge in [-0.3, -0.25) is 10.1 Å². The number of fused-ring (bicyclic) bond motifs is 1. The van der Waals surface area contributed by atoms with Crippen LogP contribution >= 0.6 is 0 Å². The minimum Gasteiger partial charge on any atom is -0.324 e. The Hall–Kier alpha value is -1.84. The zero-order valence-electron chi connectivity index (χ0n) is 11.6. The van der Waals surface area contributed by atoms with E-state index in [4.69, 9.17) is 0 Å². The summed E-state index contributed by atoms with van der Waals surface area (Å²) >= 11 is 0. The molecule has 1 aromatic carbocycles. The van der Waals surface area contributed by atoms with Crippen LogP contribution in [0.15, 0.2) is 24.3 Å². The van der Waals surface area contributed by atoms with Crippen molar-refractivity contribution in [2.45, 2.75) is 39.5 Å². The highest BCUT2D eigenvalue weighted by atomic mass is 16.2. The minimum absolute atomic E-state index is 0.0648. The number of anilines is 1. The van der Waals surface area contributed by atoms with Gasteiger partial charge < -0.3 is 4.98 Å². The van der Waals surface area contributed by atoms with Crippen molar-refractivity contribution in [2.75, 3.05) is 5.32 Å². The van der Waals surface area contributed by atoms with Crippen LogP contribution < -0.4 is 5.32 Å². The molecule has 0 saturated heterocycles. The van der Waals surface area contributed by atoms with Crippen molar-refractivity contribution >= 4 is 22.9 Å². The topological polar surface area (TPSA) is 57.8 Å². The highest BCUT2D eigenvalue weighted by molar-refractivity contribution is 5.92. The van der Waals surface area contributed by atoms with E-state index in [9.17, 15) is 4.79 Å². The summed E-state index contributed by atoms with van der Waals surface area (Å²) in [5.74, 6) is 0.685. The second-order valence-corrected chi connectivity index (χ2v) is 4.84. The summed E-state index contributed by atoms with van der Waals surface area (Å²) in [5.41, 5.74) is 1.82. The van der Waals surface area contributed by atoms with E-state index in [1.54, 1.807) is 0 Å². The van der Waals surface area contributed by atoms with Gasteiger partial charge in [-0.15, -0.1) is 0 Å². The summed E-state index contributed by atoms with van der Waals surface area (Å²) in [6, 6.07) is 7.76.